The number of anilines is 1. The zero-order valence-electron chi connectivity index (χ0n) is 12.0. The third-order valence-corrected chi connectivity index (χ3v) is 2.72. The molecule has 1 aromatic carbocycles. The predicted octanol–water partition coefficient (Wildman–Crippen LogP) is 1.64. The molecule has 1 amide bonds. The van der Waals surface area contributed by atoms with Gasteiger partial charge < -0.3 is 20.5 Å². The average molecular weight is 280 g/mol. The van der Waals surface area contributed by atoms with Crippen LogP contribution in [0.3, 0.4) is 0 Å². The highest BCUT2D eigenvalue weighted by atomic mass is 16.5. The molecule has 0 aliphatic carbocycles. The summed E-state index contributed by atoms with van der Waals surface area (Å²) >= 11 is 0. The molecule has 0 fully saturated rings. The molecule has 0 atom stereocenters. The van der Waals surface area contributed by atoms with Crippen LogP contribution in [0.5, 0.6) is 0 Å². The van der Waals surface area contributed by atoms with Gasteiger partial charge in [-0.2, -0.15) is 0 Å². The third kappa shape index (κ3) is 6.04. The maximum absolute atomic E-state index is 12.1. The van der Waals surface area contributed by atoms with Gasteiger partial charge in [-0.15, -0.1) is 0 Å². The van der Waals surface area contributed by atoms with Crippen LogP contribution in [0.1, 0.15) is 30.1 Å². The molecule has 0 radical (unpaired) electrons. The molecule has 0 bridgehead atoms. The van der Waals surface area contributed by atoms with E-state index in [1.807, 2.05) is 24.3 Å². The minimum atomic E-state index is -0.0774. The predicted molar refractivity (Wildman–Crippen MR) is 80.1 cm³/mol. The first-order valence-corrected chi connectivity index (χ1v) is 7.09. The number of nitrogens with one attached hydrogen (secondary N) is 2. The van der Waals surface area contributed by atoms with E-state index in [0.29, 0.717) is 25.3 Å². The molecule has 0 saturated carbocycles. The number of aliphatic hydroxyl groups is 1. The second-order valence-electron chi connectivity index (χ2n) is 4.42. The van der Waals surface area contributed by atoms with Crippen LogP contribution < -0.4 is 10.6 Å². The summed E-state index contributed by atoms with van der Waals surface area (Å²) in [5, 5.41) is 14.7. The van der Waals surface area contributed by atoms with E-state index < -0.39 is 0 Å². The summed E-state index contributed by atoms with van der Waals surface area (Å²) in [5.74, 6) is -0.0774. The molecule has 5 heteroatoms. The van der Waals surface area contributed by atoms with Crippen molar-refractivity contribution in [2.75, 3.05) is 38.2 Å². The molecule has 112 valence electrons. The van der Waals surface area contributed by atoms with E-state index in [-0.39, 0.29) is 12.5 Å². The zero-order valence-corrected chi connectivity index (χ0v) is 12.0. The fourth-order valence-electron chi connectivity index (χ4n) is 1.73. The molecular weight excluding hydrogens is 256 g/mol. The molecule has 1 rings (SSSR count). The Morgan fingerprint density at radius 1 is 1.25 bits per heavy atom. The molecule has 0 aromatic heterocycles. The Labute approximate surface area is 120 Å². The lowest BCUT2D eigenvalue weighted by Crippen LogP contribution is -2.26. The van der Waals surface area contributed by atoms with E-state index in [2.05, 4.69) is 17.6 Å². The van der Waals surface area contributed by atoms with Gasteiger partial charge in [0.15, 0.2) is 0 Å². The summed E-state index contributed by atoms with van der Waals surface area (Å²) in [5.41, 5.74) is 1.53. The van der Waals surface area contributed by atoms with Crippen molar-refractivity contribution in [1.29, 1.82) is 0 Å². The standard InChI is InChI=1S/C15H24N2O3/c1-2-8-16-14-7-4-3-6-13(14)15(19)17-9-5-11-20-12-10-18/h3-4,6-7,16,18H,2,5,8-12H2,1H3,(H,17,19). The molecule has 0 saturated heterocycles. The van der Waals surface area contributed by atoms with E-state index in [1.54, 1.807) is 0 Å². The smallest absolute Gasteiger partial charge is 0.253 e. The monoisotopic (exact) mass is 280 g/mol. The largest absolute Gasteiger partial charge is 0.394 e. The van der Waals surface area contributed by atoms with Gasteiger partial charge >= 0.3 is 0 Å². The molecule has 3 N–H and O–H groups in total. The van der Waals surface area contributed by atoms with Gasteiger partial charge in [-0.1, -0.05) is 19.1 Å². The molecule has 1 aromatic rings. The number of carbonyl (C=O) groups is 1. The highest BCUT2D eigenvalue weighted by Crippen LogP contribution is 2.14. The first-order chi connectivity index (χ1) is 9.79. The Hall–Kier alpha value is -1.59. The van der Waals surface area contributed by atoms with Crippen molar-refractivity contribution in [3.8, 4) is 0 Å². The van der Waals surface area contributed by atoms with Crippen LogP contribution in [0.15, 0.2) is 24.3 Å². The highest BCUT2D eigenvalue weighted by Gasteiger charge is 2.09. The third-order valence-electron chi connectivity index (χ3n) is 2.72. The summed E-state index contributed by atoms with van der Waals surface area (Å²) in [7, 11) is 0. The van der Waals surface area contributed by atoms with Crippen molar-refractivity contribution in [3.05, 3.63) is 29.8 Å². The van der Waals surface area contributed by atoms with Gasteiger partial charge in [0.05, 0.1) is 18.8 Å². The fraction of sp³-hybridized carbons (Fsp3) is 0.533. The van der Waals surface area contributed by atoms with Crippen LogP contribution in [0.2, 0.25) is 0 Å². The zero-order chi connectivity index (χ0) is 14.6. The van der Waals surface area contributed by atoms with E-state index in [1.165, 1.54) is 0 Å². The van der Waals surface area contributed by atoms with Gasteiger partial charge in [0, 0.05) is 25.4 Å². The summed E-state index contributed by atoms with van der Waals surface area (Å²) in [4.78, 5) is 12.1. The van der Waals surface area contributed by atoms with E-state index in [0.717, 1.165) is 25.1 Å². The van der Waals surface area contributed by atoms with Crippen LogP contribution in [0, 0.1) is 0 Å². The fourth-order valence-corrected chi connectivity index (χ4v) is 1.73. The summed E-state index contributed by atoms with van der Waals surface area (Å²) in [6, 6.07) is 7.50. The van der Waals surface area contributed by atoms with Gasteiger partial charge in [-0.3, -0.25) is 4.79 Å². The number of ether oxygens (including phenoxy) is 1. The Morgan fingerprint density at radius 3 is 2.80 bits per heavy atom. The van der Waals surface area contributed by atoms with E-state index in [4.69, 9.17) is 9.84 Å². The van der Waals surface area contributed by atoms with Gasteiger partial charge in [-0.25, -0.2) is 0 Å². The number of benzene rings is 1. The molecule has 0 spiro atoms. The van der Waals surface area contributed by atoms with Crippen molar-refractivity contribution < 1.29 is 14.6 Å². The maximum Gasteiger partial charge on any atom is 0.253 e. The van der Waals surface area contributed by atoms with E-state index in [9.17, 15) is 4.79 Å². The lowest BCUT2D eigenvalue weighted by Gasteiger charge is -2.11. The first-order valence-electron chi connectivity index (χ1n) is 7.09. The lowest BCUT2D eigenvalue weighted by atomic mass is 10.1. The number of rotatable bonds is 10. The second-order valence-corrected chi connectivity index (χ2v) is 4.42. The van der Waals surface area contributed by atoms with Gasteiger partial charge in [-0.05, 0) is 25.0 Å². The number of hydrogen-bond acceptors (Lipinski definition) is 4. The Kier molecular flexibility index (Phi) is 8.42. The van der Waals surface area contributed by atoms with Crippen molar-refractivity contribution in [1.82, 2.24) is 5.32 Å². The number of aliphatic hydroxyl groups excluding tert-OH is 1. The SMILES string of the molecule is CCCNc1ccccc1C(=O)NCCCOCCO. The maximum atomic E-state index is 12.1. The van der Waals surface area contributed by atoms with Crippen LogP contribution in [-0.2, 0) is 4.74 Å². The number of amides is 1. The minimum absolute atomic E-state index is 0.0306. The molecular formula is C15H24N2O3. The number of carbonyl (C=O) groups excluding carboxylic acids is 1. The van der Waals surface area contributed by atoms with Crippen LogP contribution in [0.4, 0.5) is 5.69 Å². The van der Waals surface area contributed by atoms with Crippen molar-refractivity contribution >= 4 is 11.6 Å². The first kappa shape index (κ1) is 16.5. The van der Waals surface area contributed by atoms with Gasteiger partial charge in [0.1, 0.15) is 0 Å². The number of para-hydroxylation sites is 1. The average Bonchev–Trinajstić information content (AvgIpc) is 2.48. The van der Waals surface area contributed by atoms with Crippen LogP contribution in [-0.4, -0.2) is 43.9 Å². The quantitative estimate of drug-likeness (QED) is 0.570. The number of hydrogen-bond donors (Lipinski definition) is 3. The summed E-state index contributed by atoms with van der Waals surface area (Å²) in [6.07, 6.45) is 1.74. The molecule has 0 unspecified atom stereocenters. The van der Waals surface area contributed by atoms with Crippen LogP contribution >= 0.6 is 0 Å². The molecule has 0 aliphatic heterocycles. The summed E-state index contributed by atoms with van der Waals surface area (Å²) in [6.45, 7) is 4.41. The Balaban J connectivity index is 2.38. The Morgan fingerprint density at radius 2 is 2.05 bits per heavy atom. The highest BCUT2D eigenvalue weighted by molar-refractivity contribution is 5.99. The topological polar surface area (TPSA) is 70.6 Å². The molecule has 0 aliphatic rings. The van der Waals surface area contributed by atoms with Crippen LogP contribution in [0.25, 0.3) is 0 Å². The minimum Gasteiger partial charge on any atom is -0.394 e. The second kappa shape index (κ2) is 10.2. The van der Waals surface area contributed by atoms with Gasteiger partial charge in [0.25, 0.3) is 5.91 Å². The Bertz CT molecular complexity index is 396. The van der Waals surface area contributed by atoms with Crippen molar-refractivity contribution in [2.24, 2.45) is 0 Å². The molecule has 5 nitrogen and oxygen atoms in total. The normalized spacial score (nSPS) is 10.3. The van der Waals surface area contributed by atoms with E-state index >= 15 is 0 Å². The lowest BCUT2D eigenvalue weighted by molar-refractivity contribution is 0.0868. The summed E-state index contributed by atoms with van der Waals surface area (Å²) < 4.78 is 5.13. The molecule has 0 heterocycles. The van der Waals surface area contributed by atoms with Crippen molar-refractivity contribution in [2.45, 2.75) is 19.8 Å². The van der Waals surface area contributed by atoms with Crippen molar-refractivity contribution in [3.63, 3.8) is 0 Å². The van der Waals surface area contributed by atoms with Gasteiger partial charge in [0.2, 0.25) is 0 Å². The molecule has 20 heavy (non-hydrogen) atoms.